The van der Waals surface area contributed by atoms with Crippen molar-refractivity contribution in [1.82, 2.24) is 0 Å². The maximum absolute atomic E-state index is 14.0. The maximum Gasteiger partial charge on any atom is 0.417 e. The normalized spacial score (nSPS) is 17.6. The first kappa shape index (κ1) is 17.3. The van der Waals surface area contributed by atoms with Gasteiger partial charge >= 0.3 is 18.1 Å². The summed E-state index contributed by atoms with van der Waals surface area (Å²) in [6.45, 7) is 2.53. The Labute approximate surface area is 132 Å². The summed E-state index contributed by atoms with van der Waals surface area (Å²) in [6, 6.07) is 1.27. The van der Waals surface area contributed by atoms with Gasteiger partial charge in [0.1, 0.15) is 11.4 Å². The van der Waals surface area contributed by atoms with Crippen molar-refractivity contribution < 1.29 is 36.6 Å². The molecule has 9 heteroatoms. The molecule has 1 aromatic carbocycles. The average Bonchev–Trinajstić information content (AvgIpc) is 2.35. The van der Waals surface area contributed by atoms with Crippen LogP contribution in [0.5, 0.6) is 0 Å². The van der Waals surface area contributed by atoms with Crippen LogP contribution in [-0.2, 0) is 25.2 Å². The second-order valence-electron chi connectivity index (χ2n) is 5.06. The van der Waals surface area contributed by atoms with Gasteiger partial charge in [-0.2, -0.15) is 13.2 Å². The van der Waals surface area contributed by atoms with Crippen LogP contribution in [0.25, 0.3) is 6.08 Å². The molecule has 0 unspecified atom stereocenters. The van der Waals surface area contributed by atoms with Gasteiger partial charge in [0.25, 0.3) is 5.79 Å². The molecule has 1 fully saturated rings. The van der Waals surface area contributed by atoms with E-state index in [4.69, 9.17) is 21.1 Å². The molecule has 2 rings (SSSR count). The van der Waals surface area contributed by atoms with Crippen LogP contribution in [0.1, 0.15) is 25.0 Å². The third kappa shape index (κ3) is 3.47. The van der Waals surface area contributed by atoms with Crippen molar-refractivity contribution in [3.05, 3.63) is 39.7 Å². The highest BCUT2D eigenvalue weighted by atomic mass is 35.5. The van der Waals surface area contributed by atoms with E-state index in [2.05, 4.69) is 0 Å². The smallest absolute Gasteiger partial charge is 0.417 e. The van der Waals surface area contributed by atoms with Gasteiger partial charge in [-0.3, -0.25) is 0 Å². The van der Waals surface area contributed by atoms with Crippen molar-refractivity contribution in [2.75, 3.05) is 0 Å². The standard InChI is InChI=1S/C14H9ClF4O4/c1-13(2)22-11(20)7(12(21)23-13)5-6-8(14(17,18)19)3-4-9(15)10(6)16/h3-5H,1-2H3. The van der Waals surface area contributed by atoms with Crippen LogP contribution >= 0.6 is 11.6 Å². The van der Waals surface area contributed by atoms with Crippen LogP contribution in [0.2, 0.25) is 5.02 Å². The fraction of sp³-hybridized carbons (Fsp3) is 0.286. The van der Waals surface area contributed by atoms with Gasteiger partial charge in [-0.1, -0.05) is 11.6 Å². The Morgan fingerprint density at radius 2 is 1.65 bits per heavy atom. The molecule has 23 heavy (non-hydrogen) atoms. The molecule has 0 spiro atoms. The Morgan fingerprint density at radius 3 is 2.13 bits per heavy atom. The molecule has 0 bridgehead atoms. The van der Waals surface area contributed by atoms with Gasteiger partial charge in [0, 0.05) is 19.4 Å². The summed E-state index contributed by atoms with van der Waals surface area (Å²) in [5, 5.41) is -0.595. The van der Waals surface area contributed by atoms with E-state index in [1.54, 1.807) is 0 Å². The van der Waals surface area contributed by atoms with Gasteiger partial charge in [-0.05, 0) is 18.2 Å². The SMILES string of the molecule is CC1(C)OC(=O)C(=Cc2c(C(F)(F)F)ccc(Cl)c2F)C(=O)O1. The zero-order valence-electron chi connectivity index (χ0n) is 11.8. The number of alkyl halides is 3. The van der Waals surface area contributed by atoms with Crippen LogP contribution in [0, 0.1) is 5.82 Å². The zero-order valence-corrected chi connectivity index (χ0v) is 12.5. The molecule has 4 nitrogen and oxygen atoms in total. The molecule has 1 aliphatic heterocycles. The molecule has 1 aliphatic rings. The lowest BCUT2D eigenvalue weighted by Gasteiger charge is -2.29. The van der Waals surface area contributed by atoms with Crippen LogP contribution in [0.15, 0.2) is 17.7 Å². The molecular formula is C14H9ClF4O4. The van der Waals surface area contributed by atoms with Crippen LogP contribution < -0.4 is 0 Å². The third-order valence-corrected chi connectivity index (χ3v) is 3.14. The lowest BCUT2D eigenvalue weighted by molar-refractivity contribution is -0.222. The van der Waals surface area contributed by atoms with Crippen molar-refractivity contribution in [3.8, 4) is 0 Å². The van der Waals surface area contributed by atoms with Gasteiger partial charge < -0.3 is 9.47 Å². The van der Waals surface area contributed by atoms with Crippen LogP contribution in [0.3, 0.4) is 0 Å². The number of esters is 2. The number of carbonyl (C=O) groups excluding carboxylic acids is 2. The van der Waals surface area contributed by atoms with Gasteiger partial charge in [0.15, 0.2) is 0 Å². The number of ether oxygens (including phenoxy) is 2. The summed E-state index contributed by atoms with van der Waals surface area (Å²) in [7, 11) is 0. The summed E-state index contributed by atoms with van der Waals surface area (Å²) in [5.74, 6) is -5.43. The Bertz CT molecular complexity index is 700. The average molecular weight is 353 g/mol. The maximum atomic E-state index is 14.0. The summed E-state index contributed by atoms with van der Waals surface area (Å²) in [4.78, 5) is 23.5. The van der Waals surface area contributed by atoms with Crippen molar-refractivity contribution in [1.29, 1.82) is 0 Å². The highest BCUT2D eigenvalue weighted by Gasteiger charge is 2.40. The number of rotatable bonds is 1. The van der Waals surface area contributed by atoms with E-state index in [-0.39, 0.29) is 0 Å². The second kappa shape index (κ2) is 5.52. The largest absolute Gasteiger partial charge is 0.419 e. The molecule has 0 saturated carbocycles. The number of hydrogen-bond acceptors (Lipinski definition) is 4. The minimum atomic E-state index is -4.92. The first-order valence-electron chi connectivity index (χ1n) is 6.16. The molecule has 0 aromatic heterocycles. The molecule has 1 saturated heterocycles. The lowest BCUT2D eigenvalue weighted by atomic mass is 10.0. The van der Waals surface area contributed by atoms with E-state index >= 15 is 0 Å². The van der Waals surface area contributed by atoms with E-state index in [1.807, 2.05) is 0 Å². The lowest BCUT2D eigenvalue weighted by Crippen LogP contribution is -2.41. The summed E-state index contributed by atoms with van der Waals surface area (Å²) < 4.78 is 62.3. The molecule has 0 amide bonds. The molecule has 1 aromatic rings. The highest BCUT2D eigenvalue weighted by Crippen LogP contribution is 2.37. The van der Waals surface area contributed by atoms with E-state index in [0.717, 1.165) is 6.07 Å². The van der Waals surface area contributed by atoms with Crippen molar-refractivity contribution in [3.63, 3.8) is 0 Å². The van der Waals surface area contributed by atoms with E-state index < -0.39 is 51.4 Å². The number of cyclic esters (lactones) is 2. The minimum absolute atomic E-state index is 0.421. The van der Waals surface area contributed by atoms with Crippen molar-refractivity contribution in [2.45, 2.75) is 25.8 Å². The quantitative estimate of drug-likeness (QED) is 0.334. The number of halogens is 5. The first-order valence-corrected chi connectivity index (χ1v) is 6.54. The molecule has 0 atom stereocenters. The Hall–Kier alpha value is -2.09. The topological polar surface area (TPSA) is 52.6 Å². The Morgan fingerprint density at radius 1 is 1.13 bits per heavy atom. The second-order valence-corrected chi connectivity index (χ2v) is 5.46. The van der Waals surface area contributed by atoms with Gasteiger partial charge in [-0.15, -0.1) is 0 Å². The Kier molecular flexibility index (Phi) is 4.14. The van der Waals surface area contributed by atoms with Crippen molar-refractivity contribution in [2.24, 2.45) is 0 Å². The van der Waals surface area contributed by atoms with E-state index in [1.165, 1.54) is 13.8 Å². The monoisotopic (exact) mass is 352 g/mol. The van der Waals surface area contributed by atoms with E-state index in [9.17, 15) is 27.2 Å². The zero-order chi connectivity index (χ0) is 17.6. The van der Waals surface area contributed by atoms with Crippen molar-refractivity contribution >= 4 is 29.6 Å². The van der Waals surface area contributed by atoms with Gasteiger partial charge in [0.2, 0.25) is 0 Å². The minimum Gasteiger partial charge on any atom is -0.419 e. The summed E-state index contributed by atoms with van der Waals surface area (Å²) in [5.41, 5.74) is -3.30. The summed E-state index contributed by atoms with van der Waals surface area (Å²) >= 11 is 5.47. The Balaban J connectivity index is 2.61. The molecule has 0 radical (unpaired) electrons. The molecule has 1 heterocycles. The fourth-order valence-electron chi connectivity index (χ4n) is 1.88. The third-order valence-electron chi connectivity index (χ3n) is 2.84. The summed E-state index contributed by atoms with van der Waals surface area (Å²) in [6.07, 6.45) is -4.50. The van der Waals surface area contributed by atoms with Gasteiger partial charge in [0.05, 0.1) is 10.6 Å². The van der Waals surface area contributed by atoms with E-state index in [0.29, 0.717) is 12.1 Å². The van der Waals surface area contributed by atoms with Crippen LogP contribution in [0.4, 0.5) is 17.6 Å². The highest BCUT2D eigenvalue weighted by molar-refractivity contribution is 6.31. The molecule has 0 aliphatic carbocycles. The predicted molar refractivity (Wildman–Crippen MR) is 70.7 cm³/mol. The number of benzene rings is 1. The number of carbonyl (C=O) groups is 2. The fourth-order valence-corrected chi connectivity index (χ4v) is 2.04. The molecule has 124 valence electrons. The number of hydrogen-bond donors (Lipinski definition) is 0. The van der Waals surface area contributed by atoms with Gasteiger partial charge in [-0.25, -0.2) is 14.0 Å². The first-order chi connectivity index (χ1) is 10.4. The molecular weight excluding hydrogens is 344 g/mol. The predicted octanol–water partition coefficient (Wildman–Crippen LogP) is 3.72. The molecule has 0 N–H and O–H groups in total. The van der Waals surface area contributed by atoms with Crippen LogP contribution in [-0.4, -0.2) is 17.7 Å².